The number of nitrogens with zero attached hydrogens (tertiary/aromatic N) is 3. The first-order chi connectivity index (χ1) is 20.8. The number of aryl methyl sites for hydroxylation is 1. The van der Waals surface area contributed by atoms with Gasteiger partial charge in [-0.15, -0.1) is 0 Å². The summed E-state index contributed by atoms with van der Waals surface area (Å²) in [6.07, 6.45) is 0. The quantitative estimate of drug-likeness (QED) is 0.232. The molecule has 9 heteroatoms. The molecule has 1 aromatic heterocycles. The van der Waals surface area contributed by atoms with Gasteiger partial charge in [-0.05, 0) is 66.6 Å². The molecule has 1 saturated heterocycles. The van der Waals surface area contributed by atoms with E-state index < -0.39 is 11.8 Å². The van der Waals surface area contributed by atoms with E-state index in [0.717, 1.165) is 16.6 Å². The van der Waals surface area contributed by atoms with Crippen molar-refractivity contribution in [3.63, 3.8) is 0 Å². The number of carbonyl (C=O) groups excluding carboxylic acids is 1. The third-order valence-electron chi connectivity index (χ3n) is 7.73. The molecule has 1 fully saturated rings. The Balaban J connectivity index is 1.30. The molecule has 0 saturated carbocycles. The van der Waals surface area contributed by atoms with Crippen molar-refractivity contribution in [2.75, 3.05) is 37.7 Å². The number of aromatic nitrogens is 2. The van der Waals surface area contributed by atoms with Crippen LogP contribution in [0.25, 0.3) is 33.4 Å². The maximum atomic E-state index is 15.0. The van der Waals surface area contributed by atoms with Crippen molar-refractivity contribution in [2.24, 2.45) is 0 Å². The number of nitrogens with one attached hydrogen (secondary N) is 1. The Bertz CT molecular complexity index is 1840. The van der Waals surface area contributed by atoms with Gasteiger partial charge in [0.05, 0.1) is 23.4 Å². The number of amides is 1. The normalized spacial score (nSPS) is 13.4. The van der Waals surface area contributed by atoms with Gasteiger partial charge in [0.2, 0.25) is 0 Å². The maximum absolute atomic E-state index is 15.0. The molecule has 43 heavy (non-hydrogen) atoms. The van der Waals surface area contributed by atoms with Crippen LogP contribution in [0.2, 0.25) is 0 Å². The van der Waals surface area contributed by atoms with Crippen molar-refractivity contribution in [3.8, 4) is 28.4 Å². The predicted octanol–water partition coefficient (Wildman–Crippen LogP) is 6.40. The summed E-state index contributed by atoms with van der Waals surface area (Å²) in [4.78, 5) is 37.6. The number of carboxylic acids is 1. The molecule has 2 N–H and O–H groups in total. The van der Waals surface area contributed by atoms with E-state index in [1.54, 1.807) is 29.2 Å². The third-order valence-corrected chi connectivity index (χ3v) is 7.73. The number of carbonyl (C=O) groups is 2. The number of aromatic carboxylic acids is 1. The minimum Gasteiger partial charge on any atom is -0.494 e. The maximum Gasteiger partial charge on any atom is 0.336 e. The van der Waals surface area contributed by atoms with Crippen molar-refractivity contribution >= 4 is 28.3 Å². The van der Waals surface area contributed by atoms with Crippen molar-refractivity contribution in [2.45, 2.75) is 13.8 Å². The number of hydrogen-bond acceptors (Lipinski definition) is 5. The number of imidazole rings is 1. The zero-order valence-electron chi connectivity index (χ0n) is 23.9. The number of hydrogen-bond donors (Lipinski definition) is 2. The fourth-order valence-corrected chi connectivity index (χ4v) is 5.56. The van der Waals surface area contributed by atoms with E-state index in [2.05, 4.69) is 14.9 Å². The molecule has 0 radical (unpaired) electrons. The largest absolute Gasteiger partial charge is 0.494 e. The molecule has 8 nitrogen and oxygen atoms in total. The van der Waals surface area contributed by atoms with Crippen molar-refractivity contribution < 1.29 is 23.8 Å². The van der Waals surface area contributed by atoms with Gasteiger partial charge in [0.1, 0.15) is 17.4 Å². The van der Waals surface area contributed by atoms with Crippen LogP contribution in [0, 0.1) is 12.7 Å². The van der Waals surface area contributed by atoms with Gasteiger partial charge in [-0.25, -0.2) is 14.2 Å². The van der Waals surface area contributed by atoms with E-state index >= 15 is 0 Å². The van der Waals surface area contributed by atoms with E-state index in [1.807, 2.05) is 62.4 Å². The lowest BCUT2D eigenvalue weighted by Crippen LogP contribution is -2.49. The van der Waals surface area contributed by atoms with Gasteiger partial charge in [0, 0.05) is 37.4 Å². The van der Waals surface area contributed by atoms with Gasteiger partial charge in [-0.2, -0.15) is 0 Å². The summed E-state index contributed by atoms with van der Waals surface area (Å²) in [6.45, 7) is 6.06. The van der Waals surface area contributed by atoms with Gasteiger partial charge in [0.25, 0.3) is 5.91 Å². The fraction of sp³-hybridized carbons (Fsp3) is 0.206. The Kier molecular flexibility index (Phi) is 7.54. The summed E-state index contributed by atoms with van der Waals surface area (Å²) in [7, 11) is 0. The molecule has 0 aliphatic carbocycles. The van der Waals surface area contributed by atoms with E-state index in [1.165, 1.54) is 6.07 Å². The molecule has 0 unspecified atom stereocenters. The molecule has 6 rings (SSSR count). The average Bonchev–Trinajstić information content (AvgIpc) is 3.46. The summed E-state index contributed by atoms with van der Waals surface area (Å²) in [5.41, 5.74) is 3.51. The van der Waals surface area contributed by atoms with Gasteiger partial charge in [-0.3, -0.25) is 4.79 Å². The van der Waals surface area contributed by atoms with E-state index in [-0.39, 0.29) is 28.6 Å². The SMILES string of the molecule is CCOc1cccc(-c2[nH]c(-c3ccc(C)cc3F)nc2C(=O)N2CCN(c3cc(C(=O)O)c4ccccc4c3)CC2)c1. The van der Waals surface area contributed by atoms with E-state index in [0.29, 0.717) is 55.2 Å². The molecule has 2 heterocycles. The number of piperazine rings is 1. The number of carboxylic acid groups (broad SMARTS) is 1. The van der Waals surface area contributed by atoms with Gasteiger partial charge in [0.15, 0.2) is 5.69 Å². The number of halogens is 1. The monoisotopic (exact) mass is 578 g/mol. The van der Waals surface area contributed by atoms with Crippen LogP contribution in [-0.2, 0) is 0 Å². The molecule has 1 aliphatic heterocycles. The molecular formula is C34H31FN4O4. The van der Waals surface area contributed by atoms with Crippen LogP contribution in [0.15, 0.2) is 78.9 Å². The Labute approximate surface area is 248 Å². The number of H-pyrrole nitrogens is 1. The Morgan fingerprint density at radius 3 is 2.51 bits per heavy atom. The molecule has 218 valence electrons. The van der Waals surface area contributed by atoms with Crippen LogP contribution in [0.3, 0.4) is 0 Å². The Morgan fingerprint density at radius 1 is 0.977 bits per heavy atom. The molecule has 1 aliphatic rings. The highest BCUT2D eigenvalue weighted by Gasteiger charge is 2.29. The number of benzene rings is 4. The second kappa shape index (κ2) is 11.6. The highest BCUT2D eigenvalue weighted by Crippen LogP contribution is 2.32. The summed E-state index contributed by atoms with van der Waals surface area (Å²) in [5.74, 6) is -0.745. The van der Waals surface area contributed by atoms with Gasteiger partial charge < -0.3 is 24.6 Å². The lowest BCUT2D eigenvalue weighted by molar-refractivity contribution is 0.0698. The topological polar surface area (TPSA) is 98.8 Å². The second-order valence-corrected chi connectivity index (χ2v) is 10.6. The van der Waals surface area contributed by atoms with Gasteiger partial charge >= 0.3 is 5.97 Å². The minimum atomic E-state index is -0.979. The molecule has 5 aromatic rings. The molecule has 4 aromatic carbocycles. The summed E-state index contributed by atoms with van der Waals surface area (Å²) >= 11 is 0. The Morgan fingerprint density at radius 2 is 1.77 bits per heavy atom. The lowest BCUT2D eigenvalue weighted by atomic mass is 10.0. The molecule has 0 atom stereocenters. The first kappa shape index (κ1) is 28.0. The zero-order chi connectivity index (χ0) is 30.1. The second-order valence-electron chi connectivity index (χ2n) is 10.6. The van der Waals surface area contributed by atoms with Gasteiger partial charge in [-0.1, -0.05) is 42.5 Å². The van der Waals surface area contributed by atoms with Crippen molar-refractivity contribution in [1.82, 2.24) is 14.9 Å². The first-order valence-electron chi connectivity index (χ1n) is 14.2. The van der Waals surface area contributed by atoms with Crippen LogP contribution in [0.4, 0.5) is 10.1 Å². The average molecular weight is 579 g/mol. The highest BCUT2D eigenvalue weighted by atomic mass is 19.1. The van der Waals surface area contributed by atoms with Crippen LogP contribution in [0.1, 0.15) is 33.3 Å². The highest BCUT2D eigenvalue weighted by molar-refractivity contribution is 6.05. The van der Waals surface area contributed by atoms with E-state index in [4.69, 9.17) is 4.74 Å². The van der Waals surface area contributed by atoms with Crippen molar-refractivity contribution in [1.29, 1.82) is 0 Å². The third kappa shape index (κ3) is 5.53. The van der Waals surface area contributed by atoms with Crippen LogP contribution in [0.5, 0.6) is 5.75 Å². The van der Waals surface area contributed by atoms with Crippen LogP contribution in [-0.4, -0.2) is 64.6 Å². The fourth-order valence-electron chi connectivity index (χ4n) is 5.56. The minimum absolute atomic E-state index is 0.205. The number of ether oxygens (including phenoxy) is 1. The van der Waals surface area contributed by atoms with Crippen LogP contribution >= 0.6 is 0 Å². The predicted molar refractivity (Wildman–Crippen MR) is 164 cm³/mol. The molecule has 0 bridgehead atoms. The number of aromatic amines is 1. The zero-order valence-corrected chi connectivity index (χ0v) is 23.9. The number of rotatable bonds is 7. The number of fused-ring (bicyclic) bond motifs is 1. The lowest BCUT2D eigenvalue weighted by Gasteiger charge is -2.36. The van der Waals surface area contributed by atoms with Crippen LogP contribution < -0.4 is 9.64 Å². The smallest absolute Gasteiger partial charge is 0.336 e. The standard InChI is InChI=1S/C34H31FN4O4/c1-3-43-25-9-6-8-23(19-25)30-31(37-32(36-30)27-12-11-21(2)17-29(27)35)33(40)39-15-13-38(14-16-39)24-18-22-7-4-5-10-26(22)28(20-24)34(41)42/h4-12,17-20H,3,13-16H2,1-2H3,(H,36,37)(H,41,42). The molecule has 1 amide bonds. The van der Waals surface area contributed by atoms with E-state index in [9.17, 15) is 19.1 Å². The van der Waals surface area contributed by atoms with Crippen molar-refractivity contribution in [3.05, 3.63) is 102 Å². The summed E-state index contributed by atoms with van der Waals surface area (Å²) in [6, 6.07) is 23.4. The molecule has 0 spiro atoms. The number of anilines is 1. The summed E-state index contributed by atoms with van der Waals surface area (Å²) in [5, 5.41) is 11.4. The summed E-state index contributed by atoms with van der Waals surface area (Å²) < 4.78 is 20.6. The Hall–Kier alpha value is -5.18. The molecular weight excluding hydrogens is 547 g/mol. The first-order valence-corrected chi connectivity index (χ1v) is 14.2.